The number of unbranched alkanes of at least 4 members (excludes halogenated alkanes) is 1. The molecule has 0 saturated heterocycles. The standard InChI is InChI=1S/C16H26ClNS/c1-2-3-4-13-7-9-16(12-18,10-8-13)11-14-5-6-15(17)19-14/h5-6,13H,2-4,7-12,18H2,1H3. The van der Waals surface area contributed by atoms with Gasteiger partial charge in [-0.25, -0.2) is 0 Å². The Labute approximate surface area is 126 Å². The van der Waals surface area contributed by atoms with Crippen LogP contribution in [-0.2, 0) is 6.42 Å². The molecule has 1 aliphatic rings. The van der Waals surface area contributed by atoms with Crippen LogP contribution in [0.15, 0.2) is 12.1 Å². The zero-order chi connectivity index (χ0) is 13.7. The van der Waals surface area contributed by atoms with Gasteiger partial charge in [-0.15, -0.1) is 11.3 Å². The Morgan fingerprint density at radius 2 is 2.11 bits per heavy atom. The third-order valence-corrected chi connectivity index (χ3v) is 5.97. The van der Waals surface area contributed by atoms with Crippen molar-refractivity contribution in [3.05, 3.63) is 21.3 Å². The number of hydrogen-bond acceptors (Lipinski definition) is 2. The molecule has 108 valence electrons. The SMILES string of the molecule is CCCCC1CCC(CN)(Cc2ccc(Cl)s2)CC1. The van der Waals surface area contributed by atoms with Crippen molar-refractivity contribution in [2.75, 3.05) is 6.54 Å². The van der Waals surface area contributed by atoms with E-state index < -0.39 is 0 Å². The van der Waals surface area contributed by atoms with Crippen LogP contribution < -0.4 is 5.73 Å². The molecule has 0 atom stereocenters. The summed E-state index contributed by atoms with van der Waals surface area (Å²) in [7, 11) is 0. The minimum absolute atomic E-state index is 0.344. The normalized spacial score (nSPS) is 27.6. The molecule has 1 saturated carbocycles. The number of hydrogen-bond donors (Lipinski definition) is 1. The van der Waals surface area contributed by atoms with Crippen LogP contribution in [0.4, 0.5) is 0 Å². The third-order valence-electron chi connectivity index (χ3n) is 4.74. The third kappa shape index (κ3) is 4.21. The van der Waals surface area contributed by atoms with Crippen molar-refractivity contribution in [1.29, 1.82) is 0 Å². The van der Waals surface area contributed by atoms with Gasteiger partial charge in [0.25, 0.3) is 0 Å². The maximum atomic E-state index is 6.11. The summed E-state index contributed by atoms with van der Waals surface area (Å²) in [6.07, 6.45) is 10.6. The molecule has 0 aliphatic heterocycles. The predicted molar refractivity (Wildman–Crippen MR) is 86.0 cm³/mol. The van der Waals surface area contributed by atoms with Gasteiger partial charge in [0.05, 0.1) is 4.34 Å². The van der Waals surface area contributed by atoms with Gasteiger partial charge in [-0.1, -0.05) is 37.8 Å². The van der Waals surface area contributed by atoms with Crippen LogP contribution in [0.1, 0.15) is 56.7 Å². The zero-order valence-electron chi connectivity index (χ0n) is 12.0. The van der Waals surface area contributed by atoms with Crippen LogP contribution >= 0.6 is 22.9 Å². The lowest BCUT2D eigenvalue weighted by Gasteiger charge is -2.39. The van der Waals surface area contributed by atoms with Crippen LogP contribution in [0.5, 0.6) is 0 Å². The van der Waals surface area contributed by atoms with Crippen molar-refractivity contribution < 1.29 is 0 Å². The fourth-order valence-corrected chi connectivity index (χ4v) is 4.60. The van der Waals surface area contributed by atoms with Gasteiger partial charge < -0.3 is 5.73 Å². The van der Waals surface area contributed by atoms with E-state index in [1.807, 2.05) is 6.07 Å². The van der Waals surface area contributed by atoms with Gasteiger partial charge in [0.15, 0.2) is 0 Å². The van der Waals surface area contributed by atoms with E-state index in [0.717, 1.165) is 23.2 Å². The van der Waals surface area contributed by atoms with Gasteiger partial charge in [-0.3, -0.25) is 0 Å². The fourth-order valence-electron chi connectivity index (χ4n) is 3.34. The van der Waals surface area contributed by atoms with Gasteiger partial charge in [0.1, 0.15) is 0 Å². The smallest absolute Gasteiger partial charge is 0.0931 e. The van der Waals surface area contributed by atoms with E-state index >= 15 is 0 Å². The topological polar surface area (TPSA) is 26.0 Å². The van der Waals surface area contributed by atoms with Gasteiger partial charge in [-0.2, -0.15) is 0 Å². The van der Waals surface area contributed by atoms with Gasteiger partial charge >= 0.3 is 0 Å². The van der Waals surface area contributed by atoms with E-state index in [1.165, 1.54) is 49.8 Å². The predicted octanol–water partition coefficient (Wildman–Crippen LogP) is 5.27. The Morgan fingerprint density at radius 1 is 1.37 bits per heavy atom. The molecule has 1 aliphatic carbocycles. The van der Waals surface area contributed by atoms with Crippen LogP contribution in [0.3, 0.4) is 0 Å². The highest BCUT2D eigenvalue weighted by atomic mass is 35.5. The second-order valence-electron chi connectivity index (χ2n) is 6.17. The monoisotopic (exact) mass is 299 g/mol. The van der Waals surface area contributed by atoms with Crippen LogP contribution in [0, 0.1) is 11.3 Å². The number of halogens is 1. The van der Waals surface area contributed by atoms with Crippen molar-refractivity contribution in [2.45, 2.75) is 58.3 Å². The Kier molecular flexibility index (Phi) is 5.73. The molecule has 19 heavy (non-hydrogen) atoms. The van der Waals surface area contributed by atoms with Crippen molar-refractivity contribution in [2.24, 2.45) is 17.1 Å². The maximum Gasteiger partial charge on any atom is 0.0931 e. The first-order valence-corrected chi connectivity index (χ1v) is 8.81. The lowest BCUT2D eigenvalue weighted by Crippen LogP contribution is -2.36. The number of rotatable bonds is 6. The molecule has 1 aromatic heterocycles. The molecule has 0 radical (unpaired) electrons. The first-order chi connectivity index (χ1) is 9.17. The van der Waals surface area contributed by atoms with Crippen molar-refractivity contribution in [3.8, 4) is 0 Å². The molecular weight excluding hydrogens is 274 g/mol. The molecule has 2 rings (SSSR count). The summed E-state index contributed by atoms with van der Waals surface area (Å²) in [5.41, 5.74) is 6.45. The first-order valence-electron chi connectivity index (χ1n) is 7.62. The van der Waals surface area contributed by atoms with E-state index in [9.17, 15) is 0 Å². The minimum Gasteiger partial charge on any atom is -0.330 e. The number of thiophene rings is 1. The molecule has 0 amide bonds. The highest BCUT2D eigenvalue weighted by Crippen LogP contribution is 2.43. The molecule has 3 heteroatoms. The van der Waals surface area contributed by atoms with E-state index in [1.54, 1.807) is 11.3 Å². The molecule has 0 bridgehead atoms. The molecule has 1 nitrogen and oxygen atoms in total. The Balaban J connectivity index is 1.90. The molecule has 0 unspecified atom stereocenters. The highest BCUT2D eigenvalue weighted by molar-refractivity contribution is 7.16. The molecule has 1 fully saturated rings. The van der Waals surface area contributed by atoms with Crippen molar-refractivity contribution in [3.63, 3.8) is 0 Å². The quantitative estimate of drug-likeness (QED) is 0.761. The summed E-state index contributed by atoms with van der Waals surface area (Å²) >= 11 is 7.75. The Hall–Kier alpha value is -0.0500. The van der Waals surface area contributed by atoms with E-state index in [-0.39, 0.29) is 0 Å². The first kappa shape index (κ1) is 15.3. The molecule has 0 spiro atoms. The Morgan fingerprint density at radius 3 is 2.63 bits per heavy atom. The second kappa shape index (κ2) is 7.10. The van der Waals surface area contributed by atoms with Crippen molar-refractivity contribution in [1.82, 2.24) is 0 Å². The highest BCUT2D eigenvalue weighted by Gasteiger charge is 2.34. The van der Waals surface area contributed by atoms with E-state index in [2.05, 4.69) is 13.0 Å². The van der Waals surface area contributed by atoms with Crippen molar-refractivity contribution >= 4 is 22.9 Å². The Bertz CT molecular complexity index is 380. The summed E-state index contributed by atoms with van der Waals surface area (Å²) in [5.74, 6) is 0.951. The summed E-state index contributed by atoms with van der Waals surface area (Å²) in [6, 6.07) is 4.19. The lowest BCUT2D eigenvalue weighted by molar-refractivity contribution is 0.151. The van der Waals surface area contributed by atoms with Crippen LogP contribution in [0.2, 0.25) is 4.34 Å². The van der Waals surface area contributed by atoms with E-state index in [0.29, 0.717) is 5.41 Å². The van der Waals surface area contributed by atoms with Crippen LogP contribution in [0.25, 0.3) is 0 Å². The summed E-state index contributed by atoms with van der Waals surface area (Å²) in [6.45, 7) is 3.11. The second-order valence-corrected chi connectivity index (χ2v) is 7.97. The van der Waals surface area contributed by atoms with E-state index in [4.69, 9.17) is 17.3 Å². The molecule has 0 aromatic carbocycles. The average Bonchev–Trinajstić information content (AvgIpc) is 2.83. The molecule has 1 aromatic rings. The van der Waals surface area contributed by atoms with Gasteiger partial charge in [-0.05, 0) is 62.1 Å². The maximum absolute atomic E-state index is 6.11. The largest absolute Gasteiger partial charge is 0.330 e. The lowest BCUT2D eigenvalue weighted by atomic mass is 9.67. The summed E-state index contributed by atoms with van der Waals surface area (Å²) in [5, 5.41) is 0. The molecular formula is C16H26ClNS. The fraction of sp³-hybridized carbons (Fsp3) is 0.750. The minimum atomic E-state index is 0.344. The van der Waals surface area contributed by atoms with Crippen LogP contribution in [-0.4, -0.2) is 6.54 Å². The molecule has 1 heterocycles. The van der Waals surface area contributed by atoms with Gasteiger partial charge in [0, 0.05) is 4.88 Å². The van der Waals surface area contributed by atoms with Gasteiger partial charge in [0.2, 0.25) is 0 Å². The number of nitrogens with two attached hydrogens (primary N) is 1. The zero-order valence-corrected chi connectivity index (χ0v) is 13.5. The average molecular weight is 300 g/mol. The molecule has 2 N–H and O–H groups in total. The summed E-state index contributed by atoms with van der Waals surface area (Å²) < 4.78 is 0.902. The summed E-state index contributed by atoms with van der Waals surface area (Å²) in [4.78, 5) is 1.41.